The molecule has 0 heterocycles. The first kappa shape index (κ1) is 12.9. The largest absolute Gasteiger partial charge is 0.412 e. The van der Waals surface area contributed by atoms with Crippen molar-refractivity contribution in [3.63, 3.8) is 0 Å². The maximum atomic E-state index is 11.8. The third kappa shape index (κ3) is 3.25. The Morgan fingerprint density at radius 2 is 1.94 bits per heavy atom. The summed E-state index contributed by atoms with van der Waals surface area (Å²) in [4.78, 5) is 11.8. The Labute approximate surface area is 109 Å². The zero-order chi connectivity index (χ0) is 13.0. The van der Waals surface area contributed by atoms with Crippen LogP contribution in [0.1, 0.15) is 43.2 Å². The van der Waals surface area contributed by atoms with Gasteiger partial charge in [-0.05, 0) is 43.9 Å². The van der Waals surface area contributed by atoms with E-state index in [2.05, 4.69) is 5.32 Å². The third-order valence-corrected chi connectivity index (χ3v) is 3.68. The number of rotatable bonds is 2. The molecule has 98 valence electrons. The van der Waals surface area contributed by atoms with Gasteiger partial charge in [0.1, 0.15) is 5.75 Å². The summed E-state index contributed by atoms with van der Waals surface area (Å²) in [6.07, 6.45) is 5.51. The lowest BCUT2D eigenvalue weighted by atomic mass is 9.96. The van der Waals surface area contributed by atoms with Crippen molar-refractivity contribution >= 4 is 6.09 Å². The molecule has 3 nitrogen and oxygen atoms in total. The summed E-state index contributed by atoms with van der Waals surface area (Å²) < 4.78 is 5.38. The van der Waals surface area contributed by atoms with Crippen LogP contribution < -0.4 is 10.1 Å². The number of hydrogen-bond acceptors (Lipinski definition) is 2. The van der Waals surface area contributed by atoms with Crippen molar-refractivity contribution in [3.8, 4) is 5.75 Å². The molecule has 1 amide bonds. The van der Waals surface area contributed by atoms with Crippen molar-refractivity contribution in [1.29, 1.82) is 0 Å². The lowest BCUT2D eigenvalue weighted by molar-refractivity contribution is 0.191. The molecule has 1 N–H and O–H groups in total. The van der Waals surface area contributed by atoms with Crippen molar-refractivity contribution < 1.29 is 9.53 Å². The Hall–Kier alpha value is -1.51. The molecule has 0 atom stereocenters. The Morgan fingerprint density at radius 3 is 2.67 bits per heavy atom. The van der Waals surface area contributed by atoms with E-state index >= 15 is 0 Å². The van der Waals surface area contributed by atoms with Crippen molar-refractivity contribution in [3.05, 3.63) is 29.3 Å². The molecule has 0 aliphatic heterocycles. The summed E-state index contributed by atoms with van der Waals surface area (Å²) in [6, 6.07) is 6.05. The molecule has 0 aromatic heterocycles. The number of hydrogen-bond donors (Lipinski definition) is 1. The molecule has 1 aromatic rings. The van der Waals surface area contributed by atoms with Gasteiger partial charge in [-0.25, -0.2) is 4.79 Å². The van der Waals surface area contributed by atoms with E-state index < -0.39 is 0 Å². The van der Waals surface area contributed by atoms with Gasteiger partial charge in [0.2, 0.25) is 0 Å². The fraction of sp³-hybridized carbons (Fsp3) is 0.533. The monoisotopic (exact) mass is 247 g/mol. The van der Waals surface area contributed by atoms with Gasteiger partial charge in [-0.3, -0.25) is 0 Å². The zero-order valence-electron chi connectivity index (χ0n) is 11.2. The second-order valence-electron chi connectivity index (χ2n) is 5.07. The molecule has 1 fully saturated rings. The van der Waals surface area contributed by atoms with E-state index in [0.717, 1.165) is 24.0 Å². The summed E-state index contributed by atoms with van der Waals surface area (Å²) >= 11 is 0. The normalized spacial score (nSPS) is 16.3. The van der Waals surface area contributed by atoms with Crippen LogP contribution >= 0.6 is 0 Å². The Kier molecular flexibility index (Phi) is 4.24. The minimum absolute atomic E-state index is 0.288. The van der Waals surface area contributed by atoms with E-state index in [1.54, 1.807) is 0 Å². The fourth-order valence-corrected chi connectivity index (χ4v) is 2.38. The highest BCUT2D eigenvalue weighted by Gasteiger charge is 2.17. The molecule has 0 unspecified atom stereocenters. The van der Waals surface area contributed by atoms with Gasteiger partial charge in [0, 0.05) is 6.04 Å². The summed E-state index contributed by atoms with van der Waals surface area (Å²) in [5.74, 6) is 0.656. The van der Waals surface area contributed by atoms with Crippen molar-refractivity contribution in [1.82, 2.24) is 5.32 Å². The van der Waals surface area contributed by atoms with Gasteiger partial charge >= 0.3 is 6.09 Å². The molecule has 18 heavy (non-hydrogen) atoms. The number of aryl methyl sites for hydroxylation is 1. The number of carbonyl (C=O) groups excluding carboxylic acids is 1. The maximum Gasteiger partial charge on any atom is 0.412 e. The average molecular weight is 247 g/mol. The molecule has 1 aliphatic rings. The first-order valence-electron chi connectivity index (χ1n) is 6.71. The van der Waals surface area contributed by atoms with E-state index in [-0.39, 0.29) is 12.1 Å². The molecular weight excluding hydrogens is 226 g/mol. The Balaban J connectivity index is 1.92. The van der Waals surface area contributed by atoms with Crippen molar-refractivity contribution in [2.24, 2.45) is 0 Å². The van der Waals surface area contributed by atoms with Crippen LogP contribution in [0.25, 0.3) is 0 Å². The molecule has 1 saturated carbocycles. The molecule has 1 aromatic carbocycles. The number of ether oxygens (including phenoxy) is 1. The van der Waals surface area contributed by atoms with Crippen LogP contribution in [0, 0.1) is 13.8 Å². The minimum Gasteiger partial charge on any atom is -0.410 e. The third-order valence-electron chi connectivity index (χ3n) is 3.68. The summed E-state index contributed by atoms with van der Waals surface area (Å²) in [7, 11) is 0. The second-order valence-corrected chi connectivity index (χ2v) is 5.07. The van der Waals surface area contributed by atoms with Crippen LogP contribution in [-0.4, -0.2) is 12.1 Å². The average Bonchev–Trinajstić information content (AvgIpc) is 2.36. The number of carbonyl (C=O) groups is 1. The lowest BCUT2D eigenvalue weighted by Crippen LogP contribution is -2.38. The van der Waals surface area contributed by atoms with Crippen LogP contribution in [0.15, 0.2) is 18.2 Å². The van der Waals surface area contributed by atoms with Crippen LogP contribution in [0.2, 0.25) is 0 Å². The molecule has 3 heteroatoms. The molecular formula is C15H21NO2. The maximum absolute atomic E-state index is 11.8. The highest BCUT2D eigenvalue weighted by atomic mass is 16.6. The number of benzene rings is 1. The molecule has 0 saturated heterocycles. The predicted octanol–water partition coefficient (Wildman–Crippen LogP) is 3.72. The summed E-state index contributed by atoms with van der Waals surface area (Å²) in [6.45, 7) is 3.99. The molecule has 0 radical (unpaired) electrons. The topological polar surface area (TPSA) is 38.3 Å². The van der Waals surface area contributed by atoms with E-state index in [4.69, 9.17) is 4.74 Å². The van der Waals surface area contributed by atoms with E-state index in [1.807, 2.05) is 32.0 Å². The van der Waals surface area contributed by atoms with Crippen LogP contribution in [0.3, 0.4) is 0 Å². The van der Waals surface area contributed by atoms with Gasteiger partial charge < -0.3 is 10.1 Å². The Morgan fingerprint density at radius 1 is 1.22 bits per heavy atom. The highest BCUT2D eigenvalue weighted by molar-refractivity contribution is 5.71. The van der Waals surface area contributed by atoms with Crippen LogP contribution in [0.4, 0.5) is 4.79 Å². The number of nitrogens with one attached hydrogen (secondary N) is 1. The fourth-order valence-electron chi connectivity index (χ4n) is 2.38. The minimum atomic E-state index is -0.324. The standard InChI is InChI=1S/C15H21NO2/c1-11-7-6-10-14(12(11)2)18-15(17)16-13-8-4-3-5-9-13/h6-7,10,13H,3-5,8-9H2,1-2H3,(H,16,17). The summed E-state index contributed by atoms with van der Waals surface area (Å²) in [5, 5.41) is 2.95. The lowest BCUT2D eigenvalue weighted by Gasteiger charge is -2.22. The van der Waals surface area contributed by atoms with Gasteiger partial charge in [0.25, 0.3) is 0 Å². The quantitative estimate of drug-likeness (QED) is 0.864. The first-order chi connectivity index (χ1) is 8.66. The second kappa shape index (κ2) is 5.89. The number of amides is 1. The van der Waals surface area contributed by atoms with Gasteiger partial charge in [-0.1, -0.05) is 31.4 Å². The van der Waals surface area contributed by atoms with E-state index in [1.165, 1.54) is 19.3 Å². The predicted molar refractivity (Wildman–Crippen MR) is 71.9 cm³/mol. The van der Waals surface area contributed by atoms with Gasteiger partial charge in [0.05, 0.1) is 0 Å². The molecule has 0 bridgehead atoms. The smallest absolute Gasteiger partial charge is 0.410 e. The highest BCUT2D eigenvalue weighted by Crippen LogP contribution is 2.21. The van der Waals surface area contributed by atoms with Crippen LogP contribution in [0.5, 0.6) is 5.75 Å². The molecule has 2 rings (SSSR count). The zero-order valence-corrected chi connectivity index (χ0v) is 11.2. The van der Waals surface area contributed by atoms with E-state index in [9.17, 15) is 4.79 Å². The van der Waals surface area contributed by atoms with Crippen LogP contribution in [-0.2, 0) is 0 Å². The first-order valence-corrected chi connectivity index (χ1v) is 6.71. The van der Waals surface area contributed by atoms with Gasteiger partial charge in [0.15, 0.2) is 0 Å². The van der Waals surface area contributed by atoms with Gasteiger partial charge in [-0.15, -0.1) is 0 Å². The van der Waals surface area contributed by atoms with Gasteiger partial charge in [-0.2, -0.15) is 0 Å². The SMILES string of the molecule is Cc1cccc(OC(=O)NC2CCCCC2)c1C. The summed E-state index contributed by atoms with van der Waals surface area (Å²) in [5.41, 5.74) is 2.16. The molecule has 0 spiro atoms. The Bertz CT molecular complexity index is 423. The molecule has 1 aliphatic carbocycles. The van der Waals surface area contributed by atoms with Crippen molar-refractivity contribution in [2.45, 2.75) is 52.0 Å². The van der Waals surface area contributed by atoms with E-state index in [0.29, 0.717) is 5.75 Å². The van der Waals surface area contributed by atoms with Crippen molar-refractivity contribution in [2.75, 3.05) is 0 Å².